The van der Waals surface area contributed by atoms with E-state index in [0.29, 0.717) is 42.0 Å². The highest BCUT2D eigenvalue weighted by Crippen LogP contribution is 2.40. The first kappa shape index (κ1) is 19.6. The van der Waals surface area contributed by atoms with Gasteiger partial charge >= 0.3 is 0 Å². The molecule has 2 aliphatic rings. The Morgan fingerprint density at radius 3 is 2.56 bits per heavy atom. The summed E-state index contributed by atoms with van der Waals surface area (Å²) in [7, 11) is 4.88. The van der Waals surface area contributed by atoms with Gasteiger partial charge in [-0.15, -0.1) is 0 Å². The summed E-state index contributed by atoms with van der Waals surface area (Å²) in [4.78, 5) is 4.74. The molecular weight excluding hydrogens is 346 g/mol. The summed E-state index contributed by atoms with van der Waals surface area (Å²) in [6.45, 7) is 3.54. The molecule has 0 amide bonds. The van der Waals surface area contributed by atoms with Crippen LogP contribution in [-0.4, -0.2) is 58.6 Å². The summed E-state index contributed by atoms with van der Waals surface area (Å²) < 4.78 is 22.3. The van der Waals surface area contributed by atoms with E-state index in [1.54, 1.807) is 21.3 Å². The van der Waals surface area contributed by atoms with Crippen LogP contribution in [0.4, 0.5) is 0 Å². The largest absolute Gasteiger partial charge is 0.493 e. The molecule has 0 aromatic heterocycles. The van der Waals surface area contributed by atoms with Crippen molar-refractivity contribution in [2.45, 2.75) is 50.9 Å². The summed E-state index contributed by atoms with van der Waals surface area (Å²) in [5.74, 6) is 2.82. The minimum Gasteiger partial charge on any atom is -0.493 e. The molecule has 27 heavy (non-hydrogen) atoms. The fourth-order valence-corrected chi connectivity index (χ4v) is 3.93. The lowest BCUT2D eigenvalue weighted by Gasteiger charge is -2.22. The van der Waals surface area contributed by atoms with Crippen molar-refractivity contribution in [2.75, 3.05) is 34.4 Å². The van der Waals surface area contributed by atoms with E-state index >= 15 is 0 Å². The van der Waals surface area contributed by atoms with Crippen molar-refractivity contribution in [2.24, 2.45) is 4.99 Å². The highest BCUT2D eigenvalue weighted by Gasteiger charge is 2.41. The van der Waals surface area contributed by atoms with Gasteiger partial charge in [-0.3, -0.25) is 4.99 Å². The van der Waals surface area contributed by atoms with Gasteiger partial charge in [0.15, 0.2) is 17.5 Å². The Hall–Kier alpha value is -2.15. The molecule has 2 aliphatic heterocycles. The van der Waals surface area contributed by atoms with Gasteiger partial charge in [-0.1, -0.05) is 6.07 Å². The van der Waals surface area contributed by atoms with Crippen molar-refractivity contribution in [1.82, 2.24) is 10.6 Å². The quantitative estimate of drug-likeness (QED) is 0.534. The molecule has 0 spiro atoms. The summed E-state index contributed by atoms with van der Waals surface area (Å²) in [5.41, 5.74) is 1.04. The molecule has 2 heterocycles. The lowest BCUT2D eigenvalue weighted by molar-refractivity contribution is 0.0992. The van der Waals surface area contributed by atoms with E-state index < -0.39 is 0 Å². The van der Waals surface area contributed by atoms with E-state index in [9.17, 15) is 0 Å². The third-order valence-electron chi connectivity index (χ3n) is 5.21. The van der Waals surface area contributed by atoms with Gasteiger partial charge in [0.2, 0.25) is 5.75 Å². The molecule has 1 aromatic rings. The van der Waals surface area contributed by atoms with Gasteiger partial charge in [-0.25, -0.2) is 0 Å². The number of nitrogens with one attached hydrogen (secondary N) is 2. The number of benzene rings is 1. The fourth-order valence-electron chi connectivity index (χ4n) is 3.93. The monoisotopic (exact) mass is 377 g/mol. The summed E-state index contributed by atoms with van der Waals surface area (Å²) >= 11 is 0. The van der Waals surface area contributed by atoms with Crippen molar-refractivity contribution in [3.05, 3.63) is 17.7 Å². The molecule has 7 heteroatoms. The second-order valence-corrected chi connectivity index (χ2v) is 6.86. The smallest absolute Gasteiger partial charge is 0.203 e. The molecule has 3 rings (SSSR count). The topological polar surface area (TPSA) is 73.3 Å². The zero-order valence-corrected chi connectivity index (χ0v) is 16.7. The van der Waals surface area contributed by atoms with Crippen molar-refractivity contribution in [1.29, 1.82) is 0 Å². The molecule has 3 unspecified atom stereocenters. The molecule has 2 bridgehead atoms. The highest BCUT2D eigenvalue weighted by atomic mass is 16.5. The lowest BCUT2D eigenvalue weighted by atomic mass is 9.96. The molecule has 150 valence electrons. The van der Waals surface area contributed by atoms with Crippen LogP contribution in [0.1, 0.15) is 31.7 Å². The van der Waals surface area contributed by atoms with Crippen molar-refractivity contribution in [3.63, 3.8) is 0 Å². The van der Waals surface area contributed by atoms with Crippen LogP contribution in [0.3, 0.4) is 0 Å². The Kier molecular flexibility index (Phi) is 6.66. The van der Waals surface area contributed by atoms with E-state index in [1.807, 2.05) is 12.1 Å². The Balaban J connectivity index is 1.65. The number of hydrogen-bond donors (Lipinski definition) is 2. The van der Waals surface area contributed by atoms with Crippen LogP contribution < -0.4 is 24.8 Å². The summed E-state index contributed by atoms with van der Waals surface area (Å²) in [6.07, 6.45) is 4.89. The Morgan fingerprint density at radius 1 is 1.15 bits per heavy atom. The zero-order chi connectivity index (χ0) is 19.2. The van der Waals surface area contributed by atoms with Gasteiger partial charge < -0.3 is 29.6 Å². The number of hydrogen-bond acceptors (Lipinski definition) is 5. The third-order valence-corrected chi connectivity index (χ3v) is 5.21. The predicted octanol–water partition coefficient (Wildman–Crippen LogP) is 2.13. The standard InChI is InChI=1S/C20H31N3O4/c1-5-21-20(23-15-12-14-7-9-16(15)27-14)22-11-10-13-6-8-17(24-2)19(26-4)18(13)25-3/h6,8,14-16H,5,7,9-12H2,1-4H3,(H2,21,22,23). The Labute approximate surface area is 161 Å². The van der Waals surface area contributed by atoms with Crippen LogP contribution in [0.15, 0.2) is 17.1 Å². The van der Waals surface area contributed by atoms with Gasteiger partial charge in [-0.05, 0) is 38.7 Å². The molecule has 2 saturated heterocycles. The molecule has 3 atom stereocenters. The number of rotatable bonds is 8. The number of ether oxygens (including phenoxy) is 4. The average Bonchev–Trinajstić information content (AvgIpc) is 3.30. The molecule has 2 N–H and O–H groups in total. The van der Waals surface area contributed by atoms with Gasteiger partial charge in [0.1, 0.15) is 0 Å². The number of fused-ring (bicyclic) bond motifs is 2. The highest BCUT2D eigenvalue weighted by molar-refractivity contribution is 5.80. The number of methoxy groups -OCH3 is 3. The Morgan fingerprint density at radius 2 is 1.96 bits per heavy atom. The summed E-state index contributed by atoms with van der Waals surface area (Å²) in [5, 5.41) is 6.87. The van der Waals surface area contributed by atoms with E-state index in [4.69, 9.17) is 23.9 Å². The van der Waals surface area contributed by atoms with Crippen LogP contribution in [-0.2, 0) is 11.2 Å². The predicted molar refractivity (Wildman–Crippen MR) is 105 cm³/mol. The maximum atomic E-state index is 5.93. The first-order valence-corrected chi connectivity index (χ1v) is 9.68. The van der Waals surface area contributed by atoms with Gasteiger partial charge in [0.25, 0.3) is 0 Å². The van der Waals surface area contributed by atoms with Gasteiger partial charge in [0.05, 0.1) is 39.6 Å². The maximum absolute atomic E-state index is 5.93. The molecule has 1 aromatic carbocycles. The number of nitrogens with zero attached hydrogens (tertiary/aromatic N) is 1. The van der Waals surface area contributed by atoms with Crippen molar-refractivity contribution >= 4 is 5.96 Å². The second kappa shape index (κ2) is 9.17. The van der Waals surface area contributed by atoms with E-state index in [1.165, 1.54) is 6.42 Å². The van der Waals surface area contributed by atoms with E-state index in [0.717, 1.165) is 37.3 Å². The van der Waals surface area contributed by atoms with Crippen molar-refractivity contribution < 1.29 is 18.9 Å². The molecule has 7 nitrogen and oxygen atoms in total. The molecule has 0 radical (unpaired) electrons. The molecule has 0 saturated carbocycles. The minimum absolute atomic E-state index is 0.324. The van der Waals surface area contributed by atoms with Crippen LogP contribution in [0.5, 0.6) is 17.2 Å². The second-order valence-electron chi connectivity index (χ2n) is 6.86. The molecule has 2 fully saturated rings. The minimum atomic E-state index is 0.324. The van der Waals surface area contributed by atoms with Crippen LogP contribution in [0.2, 0.25) is 0 Å². The van der Waals surface area contributed by atoms with E-state index in [-0.39, 0.29) is 0 Å². The first-order chi connectivity index (χ1) is 13.2. The van der Waals surface area contributed by atoms with Crippen LogP contribution in [0, 0.1) is 0 Å². The Bertz CT molecular complexity index is 665. The van der Waals surface area contributed by atoms with Crippen LogP contribution >= 0.6 is 0 Å². The van der Waals surface area contributed by atoms with Crippen LogP contribution in [0.25, 0.3) is 0 Å². The number of guanidine groups is 1. The van der Waals surface area contributed by atoms with Crippen molar-refractivity contribution in [3.8, 4) is 17.2 Å². The zero-order valence-electron chi connectivity index (χ0n) is 16.7. The molecular formula is C20H31N3O4. The molecule has 0 aliphatic carbocycles. The lowest BCUT2D eigenvalue weighted by Crippen LogP contribution is -2.47. The maximum Gasteiger partial charge on any atom is 0.203 e. The third kappa shape index (κ3) is 4.40. The average molecular weight is 377 g/mol. The van der Waals surface area contributed by atoms with Gasteiger partial charge in [0, 0.05) is 18.7 Å². The fraction of sp³-hybridized carbons (Fsp3) is 0.650. The normalized spacial score (nSPS) is 24.0. The summed E-state index contributed by atoms with van der Waals surface area (Å²) in [6, 6.07) is 4.26. The van der Waals surface area contributed by atoms with Gasteiger partial charge in [-0.2, -0.15) is 0 Å². The first-order valence-electron chi connectivity index (χ1n) is 9.68. The SMILES string of the molecule is CCNC(=NCCc1ccc(OC)c(OC)c1OC)NC1CC2CCC1O2. The van der Waals surface area contributed by atoms with E-state index in [2.05, 4.69) is 17.6 Å². The number of aliphatic imine (C=N–C) groups is 1.